The molecule has 0 bridgehead atoms. The van der Waals surface area contributed by atoms with E-state index < -0.39 is 5.97 Å². The number of nitrogens with zero attached hydrogens (tertiary/aromatic N) is 1. The predicted molar refractivity (Wildman–Crippen MR) is 106 cm³/mol. The zero-order chi connectivity index (χ0) is 20.1. The van der Waals surface area contributed by atoms with Crippen LogP contribution in [0.25, 0.3) is 11.3 Å². The van der Waals surface area contributed by atoms with Gasteiger partial charge in [0.05, 0.1) is 11.8 Å². The molecule has 0 saturated carbocycles. The molecule has 28 heavy (non-hydrogen) atoms. The van der Waals surface area contributed by atoms with Gasteiger partial charge < -0.3 is 14.8 Å². The van der Waals surface area contributed by atoms with Crippen molar-refractivity contribution in [2.45, 2.75) is 32.6 Å². The van der Waals surface area contributed by atoms with E-state index in [0.29, 0.717) is 29.7 Å². The summed E-state index contributed by atoms with van der Waals surface area (Å²) in [4.78, 5) is 27.2. The number of carbonyl (C=O) groups excluding carboxylic acids is 1. The van der Waals surface area contributed by atoms with E-state index >= 15 is 0 Å². The van der Waals surface area contributed by atoms with Gasteiger partial charge >= 0.3 is 5.97 Å². The van der Waals surface area contributed by atoms with Crippen LogP contribution in [0.5, 0.6) is 0 Å². The molecule has 1 heterocycles. The SMILES string of the molecule is CC(C)c1ccc(-c2cnc(CCC(=O)Nc3ccc(C(=O)O)cc3)o2)cc1. The smallest absolute Gasteiger partial charge is 0.335 e. The Labute approximate surface area is 163 Å². The number of carbonyl (C=O) groups is 2. The van der Waals surface area contributed by atoms with Crippen LogP contribution < -0.4 is 5.32 Å². The van der Waals surface area contributed by atoms with Crippen LogP contribution in [-0.4, -0.2) is 22.0 Å². The predicted octanol–water partition coefficient (Wildman–Crippen LogP) is 4.73. The first-order valence-corrected chi connectivity index (χ1v) is 9.10. The lowest BCUT2D eigenvalue weighted by molar-refractivity contribution is -0.116. The van der Waals surface area contributed by atoms with Crippen molar-refractivity contribution in [2.24, 2.45) is 0 Å². The van der Waals surface area contributed by atoms with Gasteiger partial charge in [0.15, 0.2) is 11.7 Å². The molecule has 3 aromatic rings. The molecule has 0 fully saturated rings. The second-order valence-electron chi connectivity index (χ2n) is 6.83. The van der Waals surface area contributed by atoms with E-state index in [2.05, 4.69) is 36.3 Å². The summed E-state index contributed by atoms with van der Waals surface area (Å²) >= 11 is 0. The van der Waals surface area contributed by atoms with Crippen molar-refractivity contribution in [3.8, 4) is 11.3 Å². The highest BCUT2D eigenvalue weighted by Crippen LogP contribution is 2.23. The molecule has 6 nitrogen and oxygen atoms in total. The third kappa shape index (κ3) is 4.85. The molecule has 0 unspecified atom stereocenters. The van der Waals surface area contributed by atoms with Crippen molar-refractivity contribution in [3.63, 3.8) is 0 Å². The molecule has 0 aliphatic heterocycles. The number of oxazole rings is 1. The van der Waals surface area contributed by atoms with E-state index in [0.717, 1.165) is 5.56 Å². The van der Waals surface area contributed by atoms with E-state index in [1.807, 2.05) is 12.1 Å². The number of nitrogens with one attached hydrogen (secondary N) is 1. The minimum Gasteiger partial charge on any atom is -0.478 e. The molecular formula is C22H22N2O4. The summed E-state index contributed by atoms with van der Waals surface area (Å²) in [5.74, 6) is 0.452. The fraction of sp³-hybridized carbons (Fsp3) is 0.227. The van der Waals surface area contributed by atoms with Gasteiger partial charge in [-0.15, -0.1) is 0 Å². The Hall–Kier alpha value is -3.41. The average molecular weight is 378 g/mol. The minimum absolute atomic E-state index is 0.173. The number of carboxylic acids is 1. The third-order valence-electron chi connectivity index (χ3n) is 4.40. The van der Waals surface area contributed by atoms with Crippen molar-refractivity contribution in [3.05, 3.63) is 71.7 Å². The molecule has 0 radical (unpaired) electrons. The highest BCUT2D eigenvalue weighted by molar-refractivity contribution is 5.92. The van der Waals surface area contributed by atoms with E-state index in [9.17, 15) is 9.59 Å². The second kappa shape index (κ2) is 8.52. The first kappa shape index (κ1) is 19.4. The van der Waals surface area contributed by atoms with Gasteiger partial charge in [-0.2, -0.15) is 0 Å². The highest BCUT2D eigenvalue weighted by Gasteiger charge is 2.10. The molecule has 144 valence electrons. The lowest BCUT2D eigenvalue weighted by Crippen LogP contribution is -2.12. The summed E-state index contributed by atoms with van der Waals surface area (Å²) < 4.78 is 5.76. The van der Waals surface area contributed by atoms with Crippen LogP contribution in [0.1, 0.15) is 48.0 Å². The quantitative estimate of drug-likeness (QED) is 0.620. The maximum Gasteiger partial charge on any atom is 0.335 e. The largest absolute Gasteiger partial charge is 0.478 e. The van der Waals surface area contributed by atoms with E-state index in [1.165, 1.54) is 17.7 Å². The highest BCUT2D eigenvalue weighted by atomic mass is 16.4. The number of benzene rings is 2. The standard InChI is InChI=1S/C22H22N2O4/c1-14(2)15-3-5-16(6-4-15)19-13-23-21(28-19)12-11-20(25)24-18-9-7-17(8-10-18)22(26)27/h3-10,13-14H,11-12H2,1-2H3,(H,24,25)(H,26,27). The summed E-state index contributed by atoms with van der Waals surface area (Å²) in [5, 5.41) is 11.6. The van der Waals surface area contributed by atoms with Crippen LogP contribution >= 0.6 is 0 Å². The first-order chi connectivity index (χ1) is 13.4. The molecule has 0 atom stereocenters. The lowest BCUT2D eigenvalue weighted by atomic mass is 10.0. The number of carboxylic acid groups (broad SMARTS) is 1. The van der Waals surface area contributed by atoms with Gasteiger partial charge in [-0.3, -0.25) is 4.79 Å². The number of amides is 1. The van der Waals surface area contributed by atoms with Crippen LogP contribution in [0, 0.1) is 0 Å². The summed E-state index contributed by atoms with van der Waals surface area (Å²) in [6.07, 6.45) is 2.26. The Bertz CT molecular complexity index is 957. The molecule has 1 aromatic heterocycles. The molecule has 1 amide bonds. The van der Waals surface area contributed by atoms with Gasteiger partial charge in [0.2, 0.25) is 5.91 Å². The minimum atomic E-state index is -1.00. The van der Waals surface area contributed by atoms with Gasteiger partial charge in [0, 0.05) is 24.1 Å². The maximum absolute atomic E-state index is 12.1. The van der Waals surface area contributed by atoms with Crippen LogP contribution in [-0.2, 0) is 11.2 Å². The van der Waals surface area contributed by atoms with Crippen molar-refractivity contribution in [1.82, 2.24) is 4.98 Å². The number of aromatic nitrogens is 1. The Balaban J connectivity index is 1.55. The Morgan fingerprint density at radius 2 is 1.75 bits per heavy atom. The van der Waals surface area contributed by atoms with Gasteiger partial charge in [-0.25, -0.2) is 9.78 Å². The van der Waals surface area contributed by atoms with Gasteiger partial charge in [0.1, 0.15) is 0 Å². The van der Waals surface area contributed by atoms with E-state index in [1.54, 1.807) is 18.3 Å². The van der Waals surface area contributed by atoms with Gasteiger partial charge in [-0.1, -0.05) is 38.1 Å². The molecule has 0 spiro atoms. The van der Waals surface area contributed by atoms with Crippen LogP contribution in [0.4, 0.5) is 5.69 Å². The Morgan fingerprint density at radius 1 is 1.07 bits per heavy atom. The number of hydrogen-bond donors (Lipinski definition) is 2. The number of anilines is 1. The molecule has 0 aliphatic rings. The zero-order valence-corrected chi connectivity index (χ0v) is 15.8. The van der Waals surface area contributed by atoms with Crippen molar-refractivity contribution >= 4 is 17.6 Å². The molecule has 0 saturated heterocycles. The Morgan fingerprint density at radius 3 is 2.36 bits per heavy atom. The van der Waals surface area contributed by atoms with Crippen molar-refractivity contribution in [2.75, 3.05) is 5.32 Å². The molecule has 6 heteroatoms. The van der Waals surface area contributed by atoms with E-state index in [-0.39, 0.29) is 17.9 Å². The summed E-state index contributed by atoms with van der Waals surface area (Å²) in [6.45, 7) is 4.29. The molecule has 0 aliphatic carbocycles. The Kier molecular flexibility index (Phi) is 5.89. The monoisotopic (exact) mass is 378 g/mol. The first-order valence-electron chi connectivity index (χ1n) is 9.10. The summed E-state index contributed by atoms with van der Waals surface area (Å²) in [6, 6.07) is 14.2. The summed E-state index contributed by atoms with van der Waals surface area (Å²) in [5.41, 5.74) is 2.93. The number of rotatable bonds is 7. The number of aryl methyl sites for hydroxylation is 1. The summed E-state index contributed by atoms with van der Waals surface area (Å²) in [7, 11) is 0. The van der Waals surface area contributed by atoms with Crippen molar-refractivity contribution < 1.29 is 19.1 Å². The van der Waals surface area contributed by atoms with Crippen LogP contribution in [0.15, 0.2) is 59.1 Å². The average Bonchev–Trinajstić information content (AvgIpc) is 3.16. The normalized spacial score (nSPS) is 10.8. The van der Waals surface area contributed by atoms with Crippen molar-refractivity contribution in [1.29, 1.82) is 0 Å². The van der Waals surface area contributed by atoms with Crippen LogP contribution in [0.3, 0.4) is 0 Å². The molecule has 2 N–H and O–H groups in total. The molecular weight excluding hydrogens is 356 g/mol. The third-order valence-corrected chi connectivity index (χ3v) is 4.40. The number of aromatic carboxylic acids is 1. The number of hydrogen-bond acceptors (Lipinski definition) is 4. The van der Waals surface area contributed by atoms with Crippen LogP contribution in [0.2, 0.25) is 0 Å². The van der Waals surface area contributed by atoms with Gasteiger partial charge in [0.25, 0.3) is 0 Å². The maximum atomic E-state index is 12.1. The fourth-order valence-corrected chi connectivity index (χ4v) is 2.73. The van der Waals surface area contributed by atoms with E-state index in [4.69, 9.17) is 9.52 Å². The zero-order valence-electron chi connectivity index (χ0n) is 15.8. The second-order valence-corrected chi connectivity index (χ2v) is 6.83. The lowest BCUT2D eigenvalue weighted by Gasteiger charge is -2.05. The fourth-order valence-electron chi connectivity index (χ4n) is 2.73. The topological polar surface area (TPSA) is 92.4 Å². The molecule has 2 aromatic carbocycles. The molecule has 3 rings (SSSR count). The van der Waals surface area contributed by atoms with Gasteiger partial charge in [-0.05, 0) is 35.7 Å².